The molecule has 1 aliphatic rings. The lowest BCUT2D eigenvalue weighted by molar-refractivity contribution is -0.0830. The molecule has 0 radical (unpaired) electrons. The van der Waals surface area contributed by atoms with Crippen LogP contribution in [0.4, 0.5) is 10.5 Å². The van der Waals surface area contributed by atoms with Crippen LogP contribution in [-0.2, 0) is 4.84 Å². The molecular weight excluding hydrogens is 418 g/mol. The maximum atomic E-state index is 13.0. The smallest absolute Gasteiger partial charge is 0.346 e. The fourth-order valence-corrected chi connectivity index (χ4v) is 3.72. The Balaban J connectivity index is 1.32. The SMILES string of the molecule is COc1cccc([C@@H]2CCON2C(=O)Nc2cccc(C#Cc3cnc4cccnn34)c2)c1. The summed E-state index contributed by atoms with van der Waals surface area (Å²) in [7, 11) is 1.62. The van der Waals surface area contributed by atoms with Crippen molar-refractivity contribution in [2.45, 2.75) is 12.5 Å². The average Bonchev–Trinajstić information content (AvgIpc) is 3.51. The van der Waals surface area contributed by atoms with E-state index in [4.69, 9.17) is 9.57 Å². The van der Waals surface area contributed by atoms with Gasteiger partial charge in [-0.1, -0.05) is 24.1 Å². The second kappa shape index (κ2) is 9.02. The van der Waals surface area contributed by atoms with Crippen molar-refractivity contribution in [3.63, 3.8) is 0 Å². The first-order chi connectivity index (χ1) is 16.2. The first kappa shape index (κ1) is 20.5. The van der Waals surface area contributed by atoms with Gasteiger partial charge < -0.3 is 10.1 Å². The molecule has 1 saturated heterocycles. The Morgan fingerprint density at radius 2 is 2.06 bits per heavy atom. The first-order valence-corrected chi connectivity index (χ1v) is 10.5. The summed E-state index contributed by atoms with van der Waals surface area (Å²) < 4.78 is 6.99. The van der Waals surface area contributed by atoms with Crippen molar-refractivity contribution in [1.29, 1.82) is 0 Å². The summed E-state index contributed by atoms with van der Waals surface area (Å²) in [5.41, 5.74) is 3.77. The number of urea groups is 1. The standard InChI is InChI=1S/C25H21N5O3/c1-32-22-8-3-6-19(16-22)23-12-14-33-30(23)25(31)28-20-7-2-5-18(15-20)10-11-21-17-26-24-9-4-13-27-29(21)24/h2-9,13,15-17,23H,12,14H2,1H3,(H,28,31)/t23-/m0/s1. The molecule has 164 valence electrons. The summed E-state index contributed by atoms with van der Waals surface area (Å²) in [4.78, 5) is 22.9. The number of methoxy groups -OCH3 is 1. The Morgan fingerprint density at radius 1 is 1.15 bits per heavy atom. The van der Waals surface area contributed by atoms with Crippen LogP contribution in [0.1, 0.15) is 29.3 Å². The van der Waals surface area contributed by atoms with Gasteiger partial charge in [-0.3, -0.25) is 4.84 Å². The number of carbonyl (C=O) groups is 1. The zero-order valence-electron chi connectivity index (χ0n) is 17.9. The number of hydroxylamine groups is 2. The quantitative estimate of drug-likeness (QED) is 0.487. The van der Waals surface area contributed by atoms with Crippen LogP contribution in [0, 0.1) is 11.8 Å². The summed E-state index contributed by atoms with van der Waals surface area (Å²) in [6.07, 6.45) is 4.08. The van der Waals surface area contributed by atoms with Crippen LogP contribution in [0.5, 0.6) is 5.75 Å². The summed E-state index contributed by atoms with van der Waals surface area (Å²) in [5, 5.41) is 8.56. The van der Waals surface area contributed by atoms with Crippen molar-refractivity contribution >= 4 is 17.4 Å². The van der Waals surface area contributed by atoms with E-state index in [0.717, 1.165) is 22.5 Å². The highest BCUT2D eigenvalue weighted by molar-refractivity contribution is 5.89. The number of fused-ring (bicyclic) bond motifs is 1. The molecule has 5 rings (SSSR count). The van der Waals surface area contributed by atoms with E-state index in [1.165, 1.54) is 5.06 Å². The number of ether oxygens (including phenoxy) is 1. The van der Waals surface area contributed by atoms with E-state index in [-0.39, 0.29) is 12.1 Å². The molecule has 0 spiro atoms. The number of amides is 2. The van der Waals surface area contributed by atoms with E-state index < -0.39 is 0 Å². The maximum Gasteiger partial charge on any atom is 0.346 e. The Kier molecular flexibility index (Phi) is 5.62. The lowest BCUT2D eigenvalue weighted by Gasteiger charge is -2.23. The third-order valence-electron chi connectivity index (χ3n) is 5.31. The van der Waals surface area contributed by atoms with Gasteiger partial charge in [-0.05, 0) is 53.9 Å². The highest BCUT2D eigenvalue weighted by atomic mass is 16.7. The second-order valence-corrected chi connectivity index (χ2v) is 7.44. The monoisotopic (exact) mass is 439 g/mol. The first-order valence-electron chi connectivity index (χ1n) is 10.5. The molecule has 2 aromatic carbocycles. The molecule has 1 atom stereocenters. The van der Waals surface area contributed by atoms with Gasteiger partial charge in [-0.25, -0.2) is 14.3 Å². The van der Waals surface area contributed by atoms with Gasteiger partial charge in [0.2, 0.25) is 0 Å². The molecule has 0 aliphatic carbocycles. The van der Waals surface area contributed by atoms with Crippen molar-refractivity contribution in [2.75, 3.05) is 19.0 Å². The molecule has 2 amide bonds. The van der Waals surface area contributed by atoms with Gasteiger partial charge in [-0.15, -0.1) is 0 Å². The van der Waals surface area contributed by atoms with E-state index in [1.54, 1.807) is 24.0 Å². The molecule has 8 nitrogen and oxygen atoms in total. The van der Waals surface area contributed by atoms with E-state index in [0.29, 0.717) is 24.4 Å². The van der Waals surface area contributed by atoms with Crippen LogP contribution in [0.15, 0.2) is 73.1 Å². The molecule has 4 aromatic rings. The van der Waals surface area contributed by atoms with Crippen LogP contribution in [0.25, 0.3) is 5.65 Å². The van der Waals surface area contributed by atoms with E-state index in [2.05, 4.69) is 27.2 Å². The summed E-state index contributed by atoms with van der Waals surface area (Å²) >= 11 is 0. The number of hydrogen-bond acceptors (Lipinski definition) is 5. The van der Waals surface area contributed by atoms with Gasteiger partial charge in [0.05, 0.1) is 26.0 Å². The van der Waals surface area contributed by atoms with Crippen molar-refractivity contribution in [3.05, 3.63) is 89.9 Å². The number of rotatable bonds is 3. The number of benzene rings is 2. The Hall–Kier alpha value is -4.35. The van der Waals surface area contributed by atoms with Gasteiger partial charge in [-0.2, -0.15) is 10.2 Å². The van der Waals surface area contributed by atoms with Crippen LogP contribution in [0.2, 0.25) is 0 Å². The molecule has 2 aromatic heterocycles. The lowest BCUT2D eigenvalue weighted by atomic mass is 10.0. The van der Waals surface area contributed by atoms with Gasteiger partial charge in [0.1, 0.15) is 11.4 Å². The highest BCUT2D eigenvalue weighted by Gasteiger charge is 2.32. The molecule has 1 aliphatic heterocycles. The number of hydrogen-bond donors (Lipinski definition) is 1. The molecule has 1 fully saturated rings. The molecule has 1 N–H and O–H groups in total. The summed E-state index contributed by atoms with van der Waals surface area (Å²) in [6.45, 7) is 0.466. The van der Waals surface area contributed by atoms with E-state index in [9.17, 15) is 4.79 Å². The maximum absolute atomic E-state index is 13.0. The number of anilines is 1. The number of imidazole rings is 1. The molecule has 33 heavy (non-hydrogen) atoms. The second-order valence-electron chi connectivity index (χ2n) is 7.44. The van der Waals surface area contributed by atoms with Crippen molar-refractivity contribution in [1.82, 2.24) is 19.7 Å². The van der Waals surface area contributed by atoms with E-state index >= 15 is 0 Å². The molecular formula is C25H21N5O3. The largest absolute Gasteiger partial charge is 0.497 e. The molecule has 3 heterocycles. The van der Waals surface area contributed by atoms with Crippen molar-refractivity contribution in [2.24, 2.45) is 0 Å². The Morgan fingerprint density at radius 3 is 2.97 bits per heavy atom. The van der Waals surface area contributed by atoms with Gasteiger partial charge in [0.25, 0.3) is 0 Å². The average molecular weight is 439 g/mol. The Bertz CT molecular complexity index is 1370. The number of carbonyl (C=O) groups excluding carboxylic acids is 1. The van der Waals surface area contributed by atoms with Crippen LogP contribution >= 0.6 is 0 Å². The van der Waals surface area contributed by atoms with Crippen LogP contribution in [0.3, 0.4) is 0 Å². The fraction of sp³-hybridized carbons (Fsp3) is 0.160. The van der Waals surface area contributed by atoms with Crippen molar-refractivity contribution in [3.8, 4) is 17.6 Å². The lowest BCUT2D eigenvalue weighted by Crippen LogP contribution is -2.33. The fourth-order valence-electron chi connectivity index (χ4n) is 3.72. The number of nitrogens with zero attached hydrogens (tertiary/aromatic N) is 4. The minimum Gasteiger partial charge on any atom is -0.497 e. The predicted molar refractivity (Wildman–Crippen MR) is 123 cm³/mol. The number of aromatic nitrogens is 3. The highest BCUT2D eigenvalue weighted by Crippen LogP contribution is 2.32. The molecule has 0 unspecified atom stereocenters. The molecule has 0 saturated carbocycles. The zero-order valence-corrected chi connectivity index (χ0v) is 17.9. The summed E-state index contributed by atoms with van der Waals surface area (Å²) in [5.74, 6) is 6.94. The topological polar surface area (TPSA) is 81.0 Å². The number of nitrogens with one attached hydrogen (secondary N) is 1. The van der Waals surface area contributed by atoms with E-state index in [1.807, 2.05) is 60.7 Å². The third-order valence-corrected chi connectivity index (χ3v) is 5.31. The third kappa shape index (κ3) is 4.35. The summed E-state index contributed by atoms with van der Waals surface area (Å²) in [6, 6.07) is 18.2. The van der Waals surface area contributed by atoms with Crippen LogP contribution in [-0.4, -0.2) is 39.4 Å². The minimum atomic E-state index is -0.337. The zero-order chi connectivity index (χ0) is 22.6. The minimum absolute atomic E-state index is 0.189. The predicted octanol–water partition coefficient (Wildman–Crippen LogP) is 4.05. The molecule has 8 heteroatoms. The van der Waals surface area contributed by atoms with Gasteiger partial charge >= 0.3 is 6.03 Å². The molecule has 0 bridgehead atoms. The Labute approximate surface area is 190 Å². The van der Waals surface area contributed by atoms with Crippen LogP contribution < -0.4 is 10.1 Å². The van der Waals surface area contributed by atoms with Gasteiger partial charge in [0, 0.05) is 23.9 Å². The normalized spacial score (nSPS) is 15.2. The van der Waals surface area contributed by atoms with Crippen molar-refractivity contribution < 1.29 is 14.4 Å². The van der Waals surface area contributed by atoms with Gasteiger partial charge in [0.15, 0.2) is 5.65 Å².